The summed E-state index contributed by atoms with van der Waals surface area (Å²) in [6.07, 6.45) is 4.28. The Balaban J connectivity index is -0.000000782. The van der Waals surface area contributed by atoms with Gasteiger partial charge in [-0.05, 0) is 129 Å². The van der Waals surface area contributed by atoms with E-state index in [2.05, 4.69) is 123 Å². The number of hydrogen-bond donors (Lipinski definition) is 20. The van der Waals surface area contributed by atoms with E-state index in [1.54, 1.807) is 0 Å². The zero-order valence-corrected chi connectivity index (χ0v) is 69.0. The smallest absolute Gasteiger partial charge is 0.172 e. The van der Waals surface area contributed by atoms with Crippen LogP contribution in [0.5, 0.6) is 0 Å². The largest absolute Gasteiger partial charge is 0.409 e. The number of aliphatic imine (C=N–C) groups is 2. The summed E-state index contributed by atoms with van der Waals surface area (Å²) in [6.45, 7) is 35.2. The van der Waals surface area contributed by atoms with Crippen LogP contribution in [0.4, 0.5) is 0 Å². The molecule has 18 unspecified atom stereocenters. The molecule has 113 heavy (non-hydrogen) atoms. The van der Waals surface area contributed by atoms with Crippen molar-refractivity contribution in [3.05, 3.63) is 0 Å². The van der Waals surface area contributed by atoms with E-state index < -0.39 is 88.3 Å². The fraction of sp³-hybridized carbons (Fsp3) is 0.760. The van der Waals surface area contributed by atoms with Crippen molar-refractivity contribution in [2.45, 2.75) is 221 Å². The van der Waals surface area contributed by atoms with Crippen LogP contribution in [0.25, 0.3) is 0 Å². The van der Waals surface area contributed by atoms with Crippen molar-refractivity contribution in [3.63, 3.8) is 0 Å². The van der Waals surface area contributed by atoms with Crippen molar-refractivity contribution in [1.82, 2.24) is 11.0 Å². The van der Waals surface area contributed by atoms with Gasteiger partial charge < -0.3 is 75.5 Å². The number of nitrogens with one attached hydrogen (secondary N) is 2. The van der Waals surface area contributed by atoms with Gasteiger partial charge in [0.2, 0.25) is 0 Å². The number of amidine groups is 9. The lowest BCUT2D eigenvalue weighted by Gasteiger charge is -2.38. The first-order valence-electron chi connectivity index (χ1n) is 37.0. The molecule has 2 heterocycles. The number of hydrogen-bond acceptors (Lipinski definition) is 31. The van der Waals surface area contributed by atoms with Crippen LogP contribution in [-0.2, 0) is 0 Å². The average molecular weight is 1590 g/mol. The molecule has 18 atom stereocenters. The topological polar surface area (TPSA) is 754 Å². The normalized spacial score (nSPS) is 21.0. The van der Waals surface area contributed by atoms with Crippen molar-refractivity contribution in [2.24, 2.45) is 226 Å². The molecule has 0 aromatic carbocycles. The molecule has 0 spiro atoms. The molecule has 0 amide bonds. The van der Waals surface area contributed by atoms with Crippen LogP contribution >= 0.6 is 0 Å². The SMILES string of the molecule is CC(C)(C)C(C#N)CC(C#N)CC(C#N)CC(C#N)CC(C#N)CC(C#N)C(C)(C)C.CC(C)(C)C(C#N)CC(CC(C#N)CC(CC(C#N)CC(C(N)=NO)C(C)(C)C)/C(N)=N/O)C(N)=NO.CC(C)(C)C1CC(CC(CC(CC2CC(C(C)(C)C)C(NO)=N/C2=N\O)/C(N)=N/O)/C(N)=N/O)/C(=N/O)N=C1NO.NO.NO.[2HH]. The Morgan fingerprint density at radius 1 is 0.363 bits per heavy atom. The van der Waals surface area contributed by atoms with E-state index in [1.807, 2.05) is 125 Å². The molecule has 2 aliphatic heterocycles. The molecule has 38 heteroatoms. The molecule has 27 N–H and O–H groups in total. The molecular weight excluding hydrogens is 1460 g/mol. The van der Waals surface area contributed by atoms with Gasteiger partial charge in [0.15, 0.2) is 11.7 Å². The van der Waals surface area contributed by atoms with Gasteiger partial charge in [-0.25, -0.2) is 21.8 Å². The van der Waals surface area contributed by atoms with E-state index in [-0.39, 0.29) is 162 Å². The average Bonchev–Trinajstić information content (AvgIpc) is 0.797. The van der Waals surface area contributed by atoms with Gasteiger partial charge >= 0.3 is 0 Å². The Kier molecular flexibility index (Phi) is 48.2. The molecule has 632 valence electrons. The highest BCUT2D eigenvalue weighted by Crippen LogP contribution is 2.44. The van der Waals surface area contributed by atoms with Crippen molar-refractivity contribution >= 4 is 52.5 Å². The highest BCUT2D eigenvalue weighted by atomic mass is 16.5. The molecule has 0 bridgehead atoms. The maximum absolute atomic E-state index is 9.91. The van der Waals surface area contributed by atoms with Gasteiger partial charge in [0.25, 0.3) is 0 Å². The molecule has 0 fully saturated rings. The van der Waals surface area contributed by atoms with Crippen LogP contribution in [0.1, 0.15) is 222 Å². The Bertz CT molecular complexity index is 3460. The fourth-order valence-corrected chi connectivity index (χ4v) is 13.8. The number of hydroxylamine groups is 2. The Morgan fingerprint density at radius 3 is 0.841 bits per heavy atom. The summed E-state index contributed by atoms with van der Waals surface area (Å²) in [4.78, 5) is 8.63. The minimum absolute atomic E-state index is 0. The summed E-state index contributed by atoms with van der Waals surface area (Å²) >= 11 is 0. The highest BCUT2D eigenvalue weighted by Gasteiger charge is 2.44. The number of nitrogens with zero attached hydrogens (tertiary/aromatic N) is 18. The van der Waals surface area contributed by atoms with Crippen LogP contribution in [0.15, 0.2) is 46.1 Å². The van der Waals surface area contributed by atoms with Gasteiger partial charge in [0.1, 0.15) is 40.8 Å². The lowest BCUT2D eigenvalue weighted by molar-refractivity contribution is 0.191. The third-order valence-electron chi connectivity index (χ3n) is 21.0. The summed E-state index contributed by atoms with van der Waals surface area (Å²) < 4.78 is 0. The number of oxime groups is 7. The van der Waals surface area contributed by atoms with Crippen LogP contribution in [0.3, 0.4) is 0 Å². The van der Waals surface area contributed by atoms with Gasteiger partial charge in [-0.1, -0.05) is 161 Å². The number of nitriles is 9. The first kappa shape index (κ1) is 107. The van der Waals surface area contributed by atoms with Crippen LogP contribution in [-0.4, -0.2) is 110 Å². The Morgan fingerprint density at radius 2 is 0.611 bits per heavy atom. The summed E-state index contributed by atoms with van der Waals surface area (Å²) in [7, 11) is 0. The Hall–Kier alpha value is -10.6. The quantitative estimate of drug-likeness (QED) is 0.0133. The standard InChI is InChI=1S/C25H46N10O6.C25H43N9O3.C25H34N6.2H3NO.H2/c1-24(2,3)16-10-14(20(32-38)28-22(16)34-40)8-12(18(26)30-36)7-13(19(27)31-37)9-15-11-17(25(4,5)6)23(35-41)29-21(15)33-39;1-24(2,3)19(14-28)11-18(22(30)33-36)8-15(12-26)7-17(21(29)32-35)9-16(13-27)10-20(23(31)34-37)25(4,5)6;1-24(2,3)22(16-30)10-20(14-28)8-18(12-26)7-19(13-27)9-21(15-29)11-23(17-31)25(4,5)6;2*1-2;/h12-17,36-41H,7-11H2,1-6H3,(H2,26,30)(H2,27,31)(H,28,32,34)(H,29,33,35);15-20,35-37H,7-11H2,1-6H3,(H2,29,32)(H2,30,33)(H2,31,34);18-23H,7-11H2,1-6H3;2*2H,1H2;1H/i;;;;;1+1. The van der Waals surface area contributed by atoms with Gasteiger partial charge in [-0.15, -0.1) is 0 Å². The molecule has 0 radical (unpaired) electrons. The predicted molar refractivity (Wildman–Crippen MR) is 424 cm³/mol. The fourth-order valence-electron chi connectivity index (χ4n) is 13.8. The van der Waals surface area contributed by atoms with Crippen LogP contribution < -0.4 is 51.4 Å². The first-order valence-corrected chi connectivity index (χ1v) is 37.0. The molecule has 0 saturated carbocycles. The second kappa shape index (κ2) is 51.1. The second-order valence-electron chi connectivity index (χ2n) is 35.3. The van der Waals surface area contributed by atoms with Gasteiger partial charge in [-0.2, -0.15) is 47.4 Å². The minimum Gasteiger partial charge on any atom is -0.409 e. The lowest BCUT2D eigenvalue weighted by atomic mass is 9.70. The monoisotopic (exact) mass is 1590 g/mol. The third-order valence-corrected chi connectivity index (χ3v) is 21.0. The van der Waals surface area contributed by atoms with E-state index in [4.69, 9.17) is 39.1 Å². The maximum atomic E-state index is 9.91. The molecule has 2 aliphatic rings. The second-order valence-corrected chi connectivity index (χ2v) is 35.3. The number of nitrogens with two attached hydrogens (primary N) is 7. The lowest BCUT2D eigenvalue weighted by Crippen LogP contribution is -2.45. The van der Waals surface area contributed by atoms with Crippen molar-refractivity contribution in [1.29, 1.82) is 47.4 Å². The first-order chi connectivity index (χ1) is 52.6. The zero-order chi connectivity index (χ0) is 88.3. The third kappa shape index (κ3) is 36.6. The molecule has 2 rings (SSSR count). The van der Waals surface area contributed by atoms with Crippen LogP contribution in [0, 0.1) is 241 Å². The van der Waals surface area contributed by atoms with E-state index in [1.165, 1.54) is 0 Å². The predicted octanol–water partition coefficient (Wildman–Crippen LogP) is 10.9. The van der Waals surface area contributed by atoms with Gasteiger partial charge in [0, 0.05) is 90.2 Å². The minimum atomic E-state index is -0.656. The molecule has 0 aliphatic carbocycles. The maximum Gasteiger partial charge on any atom is 0.172 e. The molecular formula is C75H131N27O11. The van der Waals surface area contributed by atoms with E-state index in [9.17, 15) is 94.2 Å². The molecule has 0 saturated heterocycles. The van der Waals surface area contributed by atoms with E-state index in [0.29, 0.717) is 38.5 Å². The number of rotatable bonds is 31. The van der Waals surface area contributed by atoms with Gasteiger partial charge in [0.05, 0.1) is 72.4 Å². The summed E-state index contributed by atoms with van der Waals surface area (Å²) in [5.41, 5.74) is 32.4. The summed E-state index contributed by atoms with van der Waals surface area (Å²) in [5.74, 6) is -0.979. The Labute approximate surface area is 668 Å². The van der Waals surface area contributed by atoms with Crippen molar-refractivity contribution < 1.29 is 58.7 Å². The van der Waals surface area contributed by atoms with E-state index in [0.717, 1.165) is 0 Å². The van der Waals surface area contributed by atoms with Crippen molar-refractivity contribution in [2.75, 3.05) is 0 Å². The summed E-state index contributed by atoms with van der Waals surface area (Å²) in [5, 5.41) is 208. The van der Waals surface area contributed by atoms with Crippen molar-refractivity contribution in [3.8, 4) is 54.6 Å². The molecule has 0 aromatic rings. The molecule has 0 aromatic heterocycles. The summed E-state index contributed by atoms with van der Waals surface area (Å²) in [6, 6.07) is 20.1. The zero-order valence-electron chi connectivity index (χ0n) is 69.0. The van der Waals surface area contributed by atoms with E-state index >= 15 is 0 Å². The molecule has 38 nitrogen and oxygen atoms in total. The highest BCUT2D eigenvalue weighted by molar-refractivity contribution is 6.02. The van der Waals surface area contributed by atoms with Gasteiger partial charge in [-0.3, -0.25) is 21.4 Å². The van der Waals surface area contributed by atoms with Crippen LogP contribution in [0.2, 0.25) is 0 Å².